The van der Waals surface area contributed by atoms with Crippen LogP contribution in [0.5, 0.6) is 17.2 Å². The third-order valence-corrected chi connectivity index (χ3v) is 9.42. The topological polar surface area (TPSA) is 83.8 Å². The van der Waals surface area contributed by atoms with Gasteiger partial charge in [-0.05, 0) is 78.2 Å². The van der Waals surface area contributed by atoms with Gasteiger partial charge < -0.3 is 28.8 Å². The van der Waals surface area contributed by atoms with E-state index in [0.29, 0.717) is 30.3 Å². The molecule has 51 heavy (non-hydrogen) atoms. The number of benzene rings is 3. The van der Waals surface area contributed by atoms with Gasteiger partial charge in [0.2, 0.25) is 5.91 Å². The van der Waals surface area contributed by atoms with Gasteiger partial charge in [0.25, 0.3) is 0 Å². The zero-order valence-corrected chi connectivity index (χ0v) is 28.4. The van der Waals surface area contributed by atoms with Crippen LogP contribution in [0.15, 0.2) is 85.1 Å². The Hall–Kier alpha value is -5.27. The van der Waals surface area contributed by atoms with Gasteiger partial charge in [0.1, 0.15) is 11.4 Å². The number of nitrogens with zero attached hydrogens (tertiary/aromatic N) is 5. The first kappa shape index (κ1) is 34.2. The number of amides is 1. The molecule has 0 spiro atoms. The first-order chi connectivity index (χ1) is 24.7. The Morgan fingerprint density at radius 1 is 0.843 bits per heavy atom. The molecule has 0 bridgehead atoms. The SMILES string of the molecule is COc1cc2c(cc1OC)CN(CC(=O)Nc1ccc(-c3nc4ccccn4c3CN3CCN(c4ccc(OC(F)(F)F)cc4)CC3)cc1)CC2. The number of pyridine rings is 1. The lowest BCUT2D eigenvalue weighted by atomic mass is 9.99. The van der Waals surface area contributed by atoms with E-state index >= 15 is 0 Å². The summed E-state index contributed by atoms with van der Waals surface area (Å²) in [5.74, 6) is 1.09. The van der Waals surface area contributed by atoms with Gasteiger partial charge >= 0.3 is 6.36 Å². The molecule has 266 valence electrons. The summed E-state index contributed by atoms with van der Waals surface area (Å²) in [5.41, 5.74) is 7.64. The molecular weight excluding hydrogens is 661 g/mol. The summed E-state index contributed by atoms with van der Waals surface area (Å²) in [6.07, 6.45) is -1.87. The van der Waals surface area contributed by atoms with E-state index in [1.165, 1.54) is 17.7 Å². The minimum absolute atomic E-state index is 0.0789. The largest absolute Gasteiger partial charge is 0.573 e. The number of alkyl halides is 3. The molecule has 5 aromatic rings. The standard InChI is InChI=1S/C38H39F3N6O4/c1-49-33-21-27-14-16-45(23-28(27)22-34(33)50-2)25-36(48)42-29-8-6-26(7-9-29)37-32(47-15-4-3-5-35(47)43-37)24-44-17-19-46(20-18-44)30-10-12-31(13-11-30)51-38(39,40)41/h3-13,15,21-22H,14,16-20,23-25H2,1-2H3,(H,42,48). The number of imidazole rings is 1. The van der Waals surface area contributed by atoms with Gasteiger partial charge in [0.05, 0.1) is 32.2 Å². The van der Waals surface area contributed by atoms with E-state index in [1.54, 1.807) is 26.4 Å². The molecule has 0 unspecified atom stereocenters. The van der Waals surface area contributed by atoms with Crippen molar-refractivity contribution in [3.8, 4) is 28.5 Å². The Labute approximate surface area is 294 Å². The minimum Gasteiger partial charge on any atom is -0.493 e. The fourth-order valence-electron chi connectivity index (χ4n) is 6.86. The summed E-state index contributed by atoms with van der Waals surface area (Å²) in [5, 5.41) is 3.05. The van der Waals surface area contributed by atoms with Crippen LogP contribution in [0.3, 0.4) is 0 Å². The highest BCUT2D eigenvalue weighted by Gasteiger charge is 2.31. The van der Waals surface area contributed by atoms with E-state index in [-0.39, 0.29) is 18.2 Å². The average molecular weight is 701 g/mol. The minimum atomic E-state index is -4.71. The Balaban J connectivity index is 0.982. The Kier molecular flexibility index (Phi) is 9.74. The highest BCUT2D eigenvalue weighted by atomic mass is 19.4. The van der Waals surface area contributed by atoms with Crippen molar-refractivity contribution in [2.45, 2.75) is 25.9 Å². The van der Waals surface area contributed by atoms with Gasteiger partial charge in [-0.1, -0.05) is 18.2 Å². The van der Waals surface area contributed by atoms with Crippen LogP contribution >= 0.6 is 0 Å². The number of hydrogen-bond donors (Lipinski definition) is 1. The molecule has 3 aromatic carbocycles. The van der Waals surface area contributed by atoms with Crippen LogP contribution in [-0.2, 0) is 24.3 Å². The van der Waals surface area contributed by atoms with Gasteiger partial charge in [-0.15, -0.1) is 13.2 Å². The van der Waals surface area contributed by atoms with Gasteiger partial charge in [0, 0.05) is 68.9 Å². The maximum absolute atomic E-state index is 13.1. The van der Waals surface area contributed by atoms with Crippen LogP contribution in [0, 0.1) is 0 Å². The average Bonchev–Trinajstić information content (AvgIpc) is 3.49. The van der Waals surface area contributed by atoms with E-state index in [1.807, 2.05) is 60.8 Å². The summed E-state index contributed by atoms with van der Waals surface area (Å²) in [6.45, 7) is 5.38. The molecule has 0 radical (unpaired) electrons. The van der Waals surface area contributed by atoms with E-state index in [4.69, 9.17) is 14.5 Å². The predicted molar refractivity (Wildman–Crippen MR) is 188 cm³/mol. The number of piperazine rings is 1. The Morgan fingerprint density at radius 2 is 1.55 bits per heavy atom. The molecule has 0 atom stereocenters. The molecule has 2 aromatic heterocycles. The molecule has 13 heteroatoms. The van der Waals surface area contributed by atoms with Gasteiger partial charge in [-0.3, -0.25) is 14.6 Å². The van der Waals surface area contributed by atoms with Crippen LogP contribution in [0.4, 0.5) is 24.5 Å². The van der Waals surface area contributed by atoms with Crippen molar-refractivity contribution in [2.24, 2.45) is 0 Å². The smallest absolute Gasteiger partial charge is 0.493 e. The van der Waals surface area contributed by atoms with Crippen molar-refractivity contribution >= 4 is 22.9 Å². The molecule has 2 aliphatic rings. The van der Waals surface area contributed by atoms with Crippen LogP contribution < -0.4 is 24.4 Å². The maximum Gasteiger partial charge on any atom is 0.573 e. The van der Waals surface area contributed by atoms with Crippen LogP contribution in [0.1, 0.15) is 16.8 Å². The van der Waals surface area contributed by atoms with E-state index in [0.717, 1.165) is 73.0 Å². The second kappa shape index (κ2) is 14.5. The fraction of sp³-hybridized carbons (Fsp3) is 0.316. The number of nitrogens with one attached hydrogen (secondary N) is 1. The van der Waals surface area contributed by atoms with Crippen molar-refractivity contribution < 1.29 is 32.2 Å². The number of anilines is 2. The number of aromatic nitrogens is 2. The number of halogens is 3. The number of fused-ring (bicyclic) bond motifs is 2. The quantitative estimate of drug-likeness (QED) is 0.184. The molecule has 1 fully saturated rings. The summed E-state index contributed by atoms with van der Waals surface area (Å²) < 4.78 is 54.7. The normalized spacial score (nSPS) is 15.4. The third kappa shape index (κ3) is 7.89. The molecule has 1 saturated heterocycles. The van der Waals surface area contributed by atoms with Crippen molar-refractivity contribution in [3.05, 3.63) is 102 Å². The fourth-order valence-corrected chi connectivity index (χ4v) is 6.86. The maximum atomic E-state index is 13.1. The Morgan fingerprint density at radius 3 is 2.24 bits per heavy atom. The first-order valence-electron chi connectivity index (χ1n) is 16.8. The molecule has 10 nitrogen and oxygen atoms in total. The molecule has 1 amide bonds. The van der Waals surface area contributed by atoms with Crippen molar-refractivity contribution in [2.75, 3.05) is 63.7 Å². The summed E-state index contributed by atoms with van der Waals surface area (Å²) in [6, 6.07) is 23.8. The summed E-state index contributed by atoms with van der Waals surface area (Å²) >= 11 is 0. The third-order valence-electron chi connectivity index (χ3n) is 9.42. The number of carbonyl (C=O) groups is 1. The second-order valence-corrected chi connectivity index (χ2v) is 12.7. The predicted octanol–water partition coefficient (Wildman–Crippen LogP) is 6.24. The van der Waals surface area contributed by atoms with Crippen molar-refractivity contribution in [1.82, 2.24) is 19.2 Å². The monoisotopic (exact) mass is 700 g/mol. The molecule has 2 aliphatic heterocycles. The second-order valence-electron chi connectivity index (χ2n) is 12.7. The number of ether oxygens (including phenoxy) is 3. The zero-order chi connectivity index (χ0) is 35.5. The molecule has 0 aliphatic carbocycles. The zero-order valence-electron chi connectivity index (χ0n) is 28.4. The summed E-state index contributed by atoms with van der Waals surface area (Å²) in [7, 11) is 3.26. The van der Waals surface area contributed by atoms with E-state index in [9.17, 15) is 18.0 Å². The number of carbonyl (C=O) groups excluding carboxylic acids is 1. The molecule has 7 rings (SSSR count). The Bertz CT molecular complexity index is 1990. The molecule has 0 saturated carbocycles. The highest BCUT2D eigenvalue weighted by molar-refractivity contribution is 5.92. The molecule has 1 N–H and O–H groups in total. The van der Waals surface area contributed by atoms with Crippen LogP contribution in [-0.4, -0.2) is 84.9 Å². The van der Waals surface area contributed by atoms with E-state index in [2.05, 4.69) is 29.2 Å². The summed E-state index contributed by atoms with van der Waals surface area (Å²) in [4.78, 5) is 24.7. The highest BCUT2D eigenvalue weighted by Crippen LogP contribution is 2.34. The van der Waals surface area contributed by atoms with Gasteiger partial charge in [0.15, 0.2) is 11.5 Å². The van der Waals surface area contributed by atoms with E-state index < -0.39 is 6.36 Å². The lowest BCUT2D eigenvalue weighted by molar-refractivity contribution is -0.274. The van der Waals surface area contributed by atoms with Gasteiger partial charge in [-0.25, -0.2) is 4.98 Å². The van der Waals surface area contributed by atoms with Crippen molar-refractivity contribution in [3.63, 3.8) is 0 Å². The van der Waals surface area contributed by atoms with Crippen molar-refractivity contribution in [1.29, 1.82) is 0 Å². The van der Waals surface area contributed by atoms with Crippen LogP contribution in [0.2, 0.25) is 0 Å². The first-order valence-corrected chi connectivity index (χ1v) is 16.8. The molecular formula is C38H39F3N6O4. The molecule has 4 heterocycles. The van der Waals surface area contributed by atoms with Crippen LogP contribution in [0.25, 0.3) is 16.9 Å². The number of rotatable bonds is 10. The lowest BCUT2D eigenvalue weighted by Gasteiger charge is -2.36. The number of hydrogen-bond acceptors (Lipinski definition) is 8. The number of methoxy groups -OCH3 is 2. The lowest BCUT2D eigenvalue weighted by Crippen LogP contribution is -2.46. The van der Waals surface area contributed by atoms with Gasteiger partial charge in [-0.2, -0.15) is 0 Å².